The Morgan fingerprint density at radius 2 is 2.00 bits per heavy atom. The minimum Gasteiger partial charge on any atom is -0.379 e. The maximum Gasteiger partial charge on any atom is 0.219 e. The van der Waals surface area contributed by atoms with E-state index < -0.39 is 0 Å². The number of morpholine rings is 1. The van der Waals surface area contributed by atoms with Gasteiger partial charge in [0.05, 0.1) is 19.3 Å². The number of benzene rings is 1. The quantitative estimate of drug-likeness (QED) is 0.893. The van der Waals surface area contributed by atoms with Gasteiger partial charge in [0.15, 0.2) is 0 Å². The van der Waals surface area contributed by atoms with Crippen molar-refractivity contribution in [3.05, 3.63) is 35.6 Å². The van der Waals surface area contributed by atoms with Gasteiger partial charge < -0.3 is 10.1 Å². The van der Waals surface area contributed by atoms with E-state index in [1.165, 1.54) is 12.1 Å². The van der Waals surface area contributed by atoms with Gasteiger partial charge in [-0.15, -0.1) is 0 Å². The van der Waals surface area contributed by atoms with Crippen LogP contribution in [0.4, 0.5) is 4.39 Å². The molecule has 4 nitrogen and oxygen atoms in total. The molecule has 0 spiro atoms. The lowest BCUT2D eigenvalue weighted by molar-refractivity contribution is -0.121. The van der Waals surface area contributed by atoms with Crippen LogP contribution < -0.4 is 5.32 Å². The van der Waals surface area contributed by atoms with Gasteiger partial charge in [-0.2, -0.15) is 0 Å². The van der Waals surface area contributed by atoms with E-state index in [2.05, 4.69) is 10.2 Å². The summed E-state index contributed by atoms with van der Waals surface area (Å²) in [6, 6.07) is 6.56. The van der Waals surface area contributed by atoms with Crippen molar-refractivity contribution < 1.29 is 13.9 Å². The van der Waals surface area contributed by atoms with E-state index in [1.54, 1.807) is 12.1 Å². The molecule has 110 valence electrons. The molecule has 1 unspecified atom stereocenters. The lowest BCUT2D eigenvalue weighted by atomic mass is 10.0. The third-order valence-corrected chi connectivity index (χ3v) is 3.55. The van der Waals surface area contributed by atoms with Gasteiger partial charge in [0.2, 0.25) is 5.91 Å². The molecule has 20 heavy (non-hydrogen) atoms. The SMILES string of the molecule is CCC(=O)NCC(c1ccc(F)cc1)N1CCOCC1. The van der Waals surface area contributed by atoms with E-state index in [1.807, 2.05) is 6.92 Å². The van der Waals surface area contributed by atoms with Crippen molar-refractivity contribution in [2.24, 2.45) is 0 Å². The summed E-state index contributed by atoms with van der Waals surface area (Å²) in [5.74, 6) is -0.211. The van der Waals surface area contributed by atoms with Gasteiger partial charge in [-0.1, -0.05) is 19.1 Å². The lowest BCUT2D eigenvalue weighted by Crippen LogP contribution is -2.43. The second-order valence-electron chi connectivity index (χ2n) is 4.87. The van der Waals surface area contributed by atoms with E-state index in [0.717, 1.165) is 18.7 Å². The van der Waals surface area contributed by atoms with Crippen molar-refractivity contribution >= 4 is 5.91 Å². The predicted octanol–water partition coefficient (Wildman–Crippen LogP) is 1.73. The molecule has 1 aliphatic heterocycles. The Labute approximate surface area is 118 Å². The van der Waals surface area contributed by atoms with E-state index >= 15 is 0 Å². The second kappa shape index (κ2) is 7.36. The number of hydrogen-bond acceptors (Lipinski definition) is 3. The molecule has 0 saturated carbocycles. The minimum absolute atomic E-state index is 0.0328. The first kappa shape index (κ1) is 14.9. The van der Waals surface area contributed by atoms with Gasteiger partial charge in [-0.25, -0.2) is 4.39 Å². The molecule has 1 aromatic carbocycles. The van der Waals surface area contributed by atoms with Crippen LogP contribution in [0, 0.1) is 5.82 Å². The van der Waals surface area contributed by atoms with Crippen LogP contribution in [-0.4, -0.2) is 43.7 Å². The summed E-state index contributed by atoms with van der Waals surface area (Å²) in [5.41, 5.74) is 1.02. The van der Waals surface area contributed by atoms with Crippen LogP contribution in [0.2, 0.25) is 0 Å². The second-order valence-corrected chi connectivity index (χ2v) is 4.87. The number of nitrogens with zero attached hydrogens (tertiary/aromatic N) is 1. The summed E-state index contributed by atoms with van der Waals surface area (Å²) in [6.45, 7) is 5.40. The zero-order chi connectivity index (χ0) is 14.4. The molecule has 0 radical (unpaired) electrons. The first-order valence-electron chi connectivity index (χ1n) is 7.04. The van der Waals surface area contributed by atoms with E-state index in [0.29, 0.717) is 26.2 Å². The largest absolute Gasteiger partial charge is 0.379 e. The summed E-state index contributed by atoms with van der Waals surface area (Å²) in [7, 11) is 0. The van der Waals surface area contributed by atoms with Gasteiger partial charge in [-0.05, 0) is 17.7 Å². The highest BCUT2D eigenvalue weighted by Gasteiger charge is 2.22. The van der Waals surface area contributed by atoms with Gasteiger partial charge in [-0.3, -0.25) is 9.69 Å². The van der Waals surface area contributed by atoms with Crippen LogP contribution in [0.25, 0.3) is 0 Å². The van der Waals surface area contributed by atoms with Gasteiger partial charge in [0.1, 0.15) is 5.82 Å². The highest BCUT2D eigenvalue weighted by atomic mass is 19.1. The topological polar surface area (TPSA) is 41.6 Å². The van der Waals surface area contributed by atoms with Gasteiger partial charge in [0, 0.05) is 26.1 Å². The Morgan fingerprint density at radius 1 is 1.35 bits per heavy atom. The van der Waals surface area contributed by atoms with Crippen molar-refractivity contribution in [3.8, 4) is 0 Å². The zero-order valence-electron chi connectivity index (χ0n) is 11.8. The van der Waals surface area contributed by atoms with Crippen LogP contribution >= 0.6 is 0 Å². The smallest absolute Gasteiger partial charge is 0.219 e. The average molecular weight is 280 g/mol. The van der Waals surface area contributed by atoms with Crippen molar-refractivity contribution in [1.82, 2.24) is 10.2 Å². The fourth-order valence-electron chi connectivity index (χ4n) is 2.37. The molecule has 1 aliphatic rings. The summed E-state index contributed by atoms with van der Waals surface area (Å²) in [6.07, 6.45) is 0.471. The van der Waals surface area contributed by atoms with E-state index in [4.69, 9.17) is 4.74 Å². The fraction of sp³-hybridized carbons (Fsp3) is 0.533. The number of carbonyl (C=O) groups excluding carboxylic acids is 1. The Kier molecular flexibility index (Phi) is 5.49. The van der Waals surface area contributed by atoms with Crippen LogP contribution in [-0.2, 0) is 9.53 Å². The summed E-state index contributed by atoms with van der Waals surface area (Å²) in [5, 5.41) is 2.93. The molecule has 1 fully saturated rings. The summed E-state index contributed by atoms with van der Waals surface area (Å²) in [4.78, 5) is 13.7. The third-order valence-electron chi connectivity index (χ3n) is 3.55. The van der Waals surface area contributed by atoms with Crippen LogP contribution in [0.5, 0.6) is 0 Å². The monoisotopic (exact) mass is 280 g/mol. The molecule has 1 heterocycles. The highest BCUT2D eigenvalue weighted by molar-refractivity contribution is 5.75. The normalized spacial score (nSPS) is 17.7. The van der Waals surface area contributed by atoms with E-state index in [9.17, 15) is 9.18 Å². The molecule has 0 bridgehead atoms. The maximum atomic E-state index is 13.1. The molecule has 2 rings (SSSR count). The minimum atomic E-state index is -0.243. The molecule has 1 aromatic rings. The zero-order valence-corrected chi connectivity index (χ0v) is 11.8. The van der Waals surface area contributed by atoms with Crippen molar-refractivity contribution in [3.63, 3.8) is 0 Å². The van der Waals surface area contributed by atoms with Gasteiger partial charge in [0.25, 0.3) is 0 Å². The summed E-state index contributed by atoms with van der Waals surface area (Å²) >= 11 is 0. The molecule has 1 saturated heterocycles. The Balaban J connectivity index is 2.09. The summed E-state index contributed by atoms with van der Waals surface area (Å²) < 4.78 is 18.4. The first-order valence-corrected chi connectivity index (χ1v) is 7.04. The average Bonchev–Trinajstić information content (AvgIpc) is 2.50. The van der Waals surface area contributed by atoms with Crippen LogP contribution in [0.1, 0.15) is 24.9 Å². The van der Waals surface area contributed by atoms with Crippen molar-refractivity contribution in [2.75, 3.05) is 32.8 Å². The Morgan fingerprint density at radius 3 is 2.60 bits per heavy atom. The molecular formula is C15H21FN2O2. The maximum absolute atomic E-state index is 13.1. The molecule has 1 atom stereocenters. The third kappa shape index (κ3) is 4.02. The van der Waals surface area contributed by atoms with E-state index in [-0.39, 0.29) is 17.8 Å². The number of hydrogen-bond donors (Lipinski definition) is 1. The van der Waals surface area contributed by atoms with Crippen LogP contribution in [0.15, 0.2) is 24.3 Å². The number of rotatable bonds is 5. The number of halogens is 1. The standard InChI is InChI=1S/C15H21FN2O2/c1-2-15(19)17-11-14(18-7-9-20-10-8-18)12-3-5-13(16)6-4-12/h3-6,14H,2,7-11H2,1H3,(H,17,19). The first-order chi connectivity index (χ1) is 9.70. The molecule has 0 aromatic heterocycles. The number of carbonyl (C=O) groups is 1. The number of amides is 1. The molecule has 5 heteroatoms. The van der Waals surface area contributed by atoms with Gasteiger partial charge >= 0.3 is 0 Å². The Hall–Kier alpha value is -1.46. The molecule has 1 amide bonds. The van der Waals surface area contributed by atoms with Crippen molar-refractivity contribution in [1.29, 1.82) is 0 Å². The molecule has 1 N–H and O–H groups in total. The molecular weight excluding hydrogens is 259 g/mol. The van der Waals surface area contributed by atoms with Crippen molar-refractivity contribution in [2.45, 2.75) is 19.4 Å². The molecule has 0 aliphatic carbocycles. The predicted molar refractivity (Wildman–Crippen MR) is 74.8 cm³/mol. The number of ether oxygens (including phenoxy) is 1. The fourth-order valence-corrected chi connectivity index (χ4v) is 2.37. The number of nitrogens with one attached hydrogen (secondary N) is 1. The highest BCUT2D eigenvalue weighted by Crippen LogP contribution is 2.21. The lowest BCUT2D eigenvalue weighted by Gasteiger charge is -2.34. The Bertz CT molecular complexity index is 430. The van der Waals surface area contributed by atoms with Crippen LogP contribution in [0.3, 0.4) is 0 Å².